The molecule has 0 atom stereocenters. The minimum absolute atomic E-state index is 0.240. The third kappa shape index (κ3) is 2.05. The van der Waals surface area contributed by atoms with Crippen LogP contribution >= 0.6 is 11.3 Å². The van der Waals surface area contributed by atoms with Crippen molar-refractivity contribution < 1.29 is 0 Å². The Bertz CT molecular complexity index is 499. The van der Waals surface area contributed by atoms with Crippen LogP contribution in [0, 0.1) is 22.7 Å². The van der Waals surface area contributed by atoms with Crippen LogP contribution in [0.4, 0.5) is 10.7 Å². The van der Waals surface area contributed by atoms with Gasteiger partial charge in [0.05, 0.1) is 5.69 Å². The summed E-state index contributed by atoms with van der Waals surface area (Å²) in [5, 5.41) is 18.8. The number of nitrogens with zero attached hydrogens (tertiary/aromatic N) is 3. The Kier molecular flexibility index (Phi) is 3.19. The van der Waals surface area contributed by atoms with Crippen LogP contribution in [0.3, 0.4) is 0 Å². The fraction of sp³-hybridized carbons (Fsp3) is 0.455. The molecule has 1 saturated heterocycles. The lowest BCUT2D eigenvalue weighted by atomic mass is 10.1. The van der Waals surface area contributed by atoms with Crippen LogP contribution in [0.5, 0.6) is 0 Å². The van der Waals surface area contributed by atoms with Gasteiger partial charge in [0.25, 0.3) is 0 Å². The van der Waals surface area contributed by atoms with Crippen LogP contribution in [0.1, 0.15) is 23.3 Å². The van der Waals surface area contributed by atoms with Crippen LogP contribution in [0.15, 0.2) is 0 Å². The van der Waals surface area contributed by atoms with Crippen LogP contribution in [0.2, 0.25) is 0 Å². The molecule has 0 unspecified atom stereocenters. The number of rotatable bonds is 1. The Morgan fingerprint density at radius 1 is 1.24 bits per heavy atom. The molecule has 0 aromatic carbocycles. The molecule has 1 aromatic rings. The van der Waals surface area contributed by atoms with E-state index in [-0.39, 0.29) is 6.04 Å². The summed E-state index contributed by atoms with van der Waals surface area (Å²) < 4.78 is 0. The molecule has 6 heteroatoms. The molecular weight excluding hydrogens is 234 g/mol. The summed E-state index contributed by atoms with van der Waals surface area (Å²) in [7, 11) is 0. The second-order valence-electron chi connectivity index (χ2n) is 4.07. The summed E-state index contributed by atoms with van der Waals surface area (Å²) in [5.74, 6) is 0. The maximum atomic E-state index is 9.11. The smallest absolute Gasteiger partial charge is 0.131 e. The van der Waals surface area contributed by atoms with Gasteiger partial charge in [-0.1, -0.05) is 0 Å². The van der Waals surface area contributed by atoms with Gasteiger partial charge >= 0.3 is 0 Å². The first-order valence-corrected chi connectivity index (χ1v) is 6.22. The first kappa shape index (κ1) is 11.7. The highest BCUT2D eigenvalue weighted by Gasteiger charge is 2.23. The van der Waals surface area contributed by atoms with Crippen molar-refractivity contribution in [2.45, 2.75) is 18.9 Å². The van der Waals surface area contributed by atoms with Crippen molar-refractivity contribution in [2.75, 3.05) is 23.7 Å². The highest BCUT2D eigenvalue weighted by Crippen LogP contribution is 2.38. The standard InChI is InChI=1S/C11H13N5S/c12-5-8-10(15)9(6-13)17-11(8)16-3-1-7(14)2-4-16/h7H,1-4,14-15H2. The molecule has 5 nitrogen and oxygen atoms in total. The topological polar surface area (TPSA) is 103 Å². The Morgan fingerprint density at radius 3 is 2.41 bits per heavy atom. The highest BCUT2D eigenvalue weighted by atomic mass is 32.1. The molecule has 0 saturated carbocycles. The van der Waals surface area contributed by atoms with Crippen LogP contribution in [-0.2, 0) is 0 Å². The van der Waals surface area contributed by atoms with Gasteiger partial charge in [0.2, 0.25) is 0 Å². The van der Waals surface area contributed by atoms with Gasteiger partial charge in [0.15, 0.2) is 0 Å². The average molecular weight is 247 g/mol. The molecule has 88 valence electrons. The second-order valence-corrected chi connectivity index (χ2v) is 5.07. The lowest BCUT2D eigenvalue weighted by molar-refractivity contribution is 0.503. The Hall–Kier alpha value is -1.76. The Morgan fingerprint density at radius 2 is 1.88 bits per heavy atom. The van der Waals surface area contributed by atoms with Crippen molar-refractivity contribution in [3.05, 3.63) is 10.4 Å². The quantitative estimate of drug-likeness (QED) is 0.770. The summed E-state index contributed by atoms with van der Waals surface area (Å²) in [6.07, 6.45) is 1.81. The summed E-state index contributed by atoms with van der Waals surface area (Å²) in [4.78, 5) is 2.52. The molecule has 4 N–H and O–H groups in total. The summed E-state index contributed by atoms with van der Waals surface area (Å²) >= 11 is 1.29. The number of anilines is 2. The molecule has 2 rings (SSSR count). The monoisotopic (exact) mass is 247 g/mol. The van der Waals surface area contributed by atoms with Gasteiger partial charge in [-0.2, -0.15) is 10.5 Å². The molecule has 0 spiro atoms. The second kappa shape index (κ2) is 4.62. The van der Waals surface area contributed by atoms with E-state index in [1.54, 1.807) is 0 Å². The van der Waals surface area contributed by atoms with E-state index in [1.165, 1.54) is 11.3 Å². The van der Waals surface area contributed by atoms with E-state index in [0.717, 1.165) is 30.9 Å². The normalized spacial score (nSPS) is 16.5. The number of piperidine rings is 1. The molecule has 0 radical (unpaired) electrons. The molecule has 0 aliphatic carbocycles. The number of hydrogen-bond donors (Lipinski definition) is 2. The van der Waals surface area contributed by atoms with Gasteiger partial charge in [-0.05, 0) is 12.8 Å². The maximum absolute atomic E-state index is 9.11. The SMILES string of the molecule is N#Cc1sc(N2CCC(N)CC2)c(C#N)c1N. The number of thiophene rings is 1. The van der Waals surface area contributed by atoms with Crippen LogP contribution in [0.25, 0.3) is 0 Å². The molecule has 0 bridgehead atoms. The van der Waals surface area contributed by atoms with Gasteiger partial charge in [-0.3, -0.25) is 0 Å². The van der Waals surface area contributed by atoms with E-state index in [0.29, 0.717) is 16.1 Å². The van der Waals surface area contributed by atoms with Crippen molar-refractivity contribution in [3.63, 3.8) is 0 Å². The summed E-state index contributed by atoms with van der Waals surface area (Å²) in [6, 6.07) is 4.36. The highest BCUT2D eigenvalue weighted by molar-refractivity contribution is 7.17. The molecular formula is C11H13N5S. The number of nitrogens with two attached hydrogens (primary N) is 2. The number of nitrogen functional groups attached to an aromatic ring is 1. The van der Waals surface area contributed by atoms with Gasteiger partial charge in [-0.25, -0.2) is 0 Å². The third-order valence-corrected chi connectivity index (χ3v) is 4.14. The van der Waals surface area contributed by atoms with E-state index >= 15 is 0 Å². The number of nitriles is 2. The Labute approximate surface area is 104 Å². The zero-order valence-electron chi connectivity index (χ0n) is 9.31. The number of hydrogen-bond acceptors (Lipinski definition) is 6. The van der Waals surface area contributed by atoms with Crippen molar-refractivity contribution in [3.8, 4) is 12.1 Å². The molecule has 0 amide bonds. The van der Waals surface area contributed by atoms with Crippen molar-refractivity contribution in [2.24, 2.45) is 5.73 Å². The van der Waals surface area contributed by atoms with E-state index in [9.17, 15) is 0 Å². The van der Waals surface area contributed by atoms with Crippen molar-refractivity contribution in [1.82, 2.24) is 0 Å². The first-order chi connectivity index (χ1) is 8.17. The molecule has 1 aliphatic rings. The summed E-state index contributed by atoms with van der Waals surface area (Å²) in [6.45, 7) is 1.64. The van der Waals surface area contributed by atoms with Gasteiger partial charge < -0.3 is 16.4 Å². The fourth-order valence-electron chi connectivity index (χ4n) is 1.95. The first-order valence-electron chi connectivity index (χ1n) is 5.40. The zero-order valence-corrected chi connectivity index (χ0v) is 10.1. The predicted molar refractivity (Wildman–Crippen MR) is 67.6 cm³/mol. The van der Waals surface area contributed by atoms with E-state index in [4.69, 9.17) is 22.0 Å². The van der Waals surface area contributed by atoms with Gasteiger partial charge in [0, 0.05) is 19.1 Å². The fourth-order valence-corrected chi connectivity index (χ4v) is 2.97. The zero-order chi connectivity index (χ0) is 12.4. The largest absolute Gasteiger partial charge is 0.396 e. The maximum Gasteiger partial charge on any atom is 0.131 e. The minimum atomic E-state index is 0.240. The van der Waals surface area contributed by atoms with Crippen LogP contribution in [-0.4, -0.2) is 19.1 Å². The van der Waals surface area contributed by atoms with E-state index in [2.05, 4.69) is 11.0 Å². The lowest BCUT2D eigenvalue weighted by Gasteiger charge is -2.30. The van der Waals surface area contributed by atoms with E-state index < -0.39 is 0 Å². The molecule has 1 aromatic heterocycles. The van der Waals surface area contributed by atoms with E-state index in [1.807, 2.05) is 6.07 Å². The average Bonchev–Trinajstić information content (AvgIpc) is 2.66. The van der Waals surface area contributed by atoms with Crippen molar-refractivity contribution in [1.29, 1.82) is 10.5 Å². The molecule has 1 fully saturated rings. The predicted octanol–water partition coefficient (Wildman–Crippen LogP) is 1.00. The molecule has 2 heterocycles. The molecule has 1 aliphatic heterocycles. The molecule has 17 heavy (non-hydrogen) atoms. The van der Waals surface area contributed by atoms with Crippen LogP contribution < -0.4 is 16.4 Å². The third-order valence-electron chi connectivity index (χ3n) is 2.97. The van der Waals surface area contributed by atoms with Gasteiger partial charge in [-0.15, -0.1) is 11.3 Å². The lowest BCUT2D eigenvalue weighted by Crippen LogP contribution is -2.39. The van der Waals surface area contributed by atoms with Crippen molar-refractivity contribution >= 4 is 22.0 Å². The Balaban J connectivity index is 2.33. The summed E-state index contributed by atoms with van der Waals surface area (Å²) in [5.41, 5.74) is 12.4. The minimum Gasteiger partial charge on any atom is -0.396 e. The van der Waals surface area contributed by atoms with Gasteiger partial charge in [0.1, 0.15) is 27.6 Å².